The zero-order chi connectivity index (χ0) is 28.6. The van der Waals surface area contributed by atoms with Gasteiger partial charge in [-0.05, 0) is 85.9 Å². The fourth-order valence-electron chi connectivity index (χ4n) is 8.28. The number of hydrogen-bond acceptors (Lipinski definition) is 6. The molecule has 0 bridgehead atoms. The van der Waals surface area contributed by atoms with Gasteiger partial charge >= 0.3 is 0 Å². The van der Waals surface area contributed by atoms with E-state index in [1.807, 2.05) is 58.5 Å². The Bertz CT molecular complexity index is 1590. The van der Waals surface area contributed by atoms with Gasteiger partial charge in [0.2, 0.25) is 11.8 Å². The smallest absolute Gasteiger partial charge is 0.262 e. The molecule has 0 radical (unpaired) electrons. The minimum absolute atomic E-state index is 0.0177. The lowest BCUT2D eigenvalue weighted by molar-refractivity contribution is -0.148. The lowest BCUT2D eigenvalue weighted by Gasteiger charge is -2.37. The van der Waals surface area contributed by atoms with Gasteiger partial charge in [-0.25, -0.2) is 0 Å². The van der Waals surface area contributed by atoms with Crippen LogP contribution in [0.4, 0.5) is 0 Å². The number of thiophene rings is 1. The predicted molar refractivity (Wildman–Crippen MR) is 157 cm³/mol. The van der Waals surface area contributed by atoms with E-state index in [0.717, 1.165) is 47.8 Å². The molecule has 1 N–H and O–H groups in total. The molecule has 8 nitrogen and oxygen atoms in total. The van der Waals surface area contributed by atoms with Crippen LogP contribution in [-0.4, -0.2) is 62.7 Å². The molecular weight excluding hydrogens is 546 g/mol. The zero-order valence-electron chi connectivity index (χ0n) is 23.3. The first-order valence-corrected chi connectivity index (χ1v) is 16.0. The molecule has 5 aliphatic rings. The summed E-state index contributed by atoms with van der Waals surface area (Å²) in [6.07, 6.45) is 9.23. The second-order valence-corrected chi connectivity index (χ2v) is 14.0. The van der Waals surface area contributed by atoms with E-state index in [1.54, 1.807) is 6.20 Å². The second kappa shape index (κ2) is 9.63. The van der Waals surface area contributed by atoms with Gasteiger partial charge < -0.3 is 15.1 Å². The number of carbonyl (C=O) groups excluding carboxylic acids is 3. The fourth-order valence-corrected chi connectivity index (χ4v) is 9.25. The lowest BCUT2D eigenvalue weighted by Crippen LogP contribution is -2.58. The van der Waals surface area contributed by atoms with Crippen LogP contribution in [0.5, 0.6) is 0 Å². The minimum Gasteiger partial charge on any atom is -0.340 e. The maximum atomic E-state index is 14.4. The van der Waals surface area contributed by atoms with Gasteiger partial charge in [0.05, 0.1) is 22.4 Å². The van der Waals surface area contributed by atoms with E-state index in [4.69, 9.17) is 0 Å². The summed E-state index contributed by atoms with van der Waals surface area (Å²) in [5.41, 5.74) is 0.535. The Morgan fingerprint density at radius 1 is 1.07 bits per heavy atom. The van der Waals surface area contributed by atoms with Crippen molar-refractivity contribution in [1.82, 2.24) is 20.1 Å². The summed E-state index contributed by atoms with van der Waals surface area (Å²) in [6.45, 7) is 0.475. The Morgan fingerprint density at radius 3 is 2.67 bits per heavy atom. The van der Waals surface area contributed by atoms with Crippen LogP contribution in [-0.2, 0) is 9.59 Å². The normalized spacial score (nSPS) is 32.5. The lowest BCUT2D eigenvalue weighted by atomic mass is 9.85. The number of benzene rings is 1. The van der Waals surface area contributed by atoms with E-state index in [-0.39, 0.29) is 35.6 Å². The Kier molecular flexibility index (Phi) is 5.94. The topological polar surface area (TPSA) is 106 Å². The number of likely N-dealkylation sites (tertiary alicyclic amines) is 1. The van der Waals surface area contributed by atoms with E-state index in [2.05, 4.69) is 16.4 Å². The van der Waals surface area contributed by atoms with Crippen molar-refractivity contribution in [2.45, 2.75) is 74.5 Å². The maximum Gasteiger partial charge on any atom is 0.262 e. The average molecular weight is 580 g/mol. The van der Waals surface area contributed by atoms with E-state index >= 15 is 0 Å². The molecule has 3 aromatic rings. The second-order valence-electron chi connectivity index (χ2n) is 12.9. The molecule has 2 saturated carbocycles. The van der Waals surface area contributed by atoms with Crippen LogP contribution in [0.3, 0.4) is 0 Å². The quantitative estimate of drug-likeness (QED) is 0.491. The summed E-state index contributed by atoms with van der Waals surface area (Å²) in [5, 5.41) is 14.3. The van der Waals surface area contributed by atoms with Gasteiger partial charge in [0.25, 0.3) is 5.91 Å². The number of fused-ring (bicyclic) bond motifs is 3. The minimum atomic E-state index is -0.641. The molecule has 5 fully saturated rings. The number of nitriles is 1. The van der Waals surface area contributed by atoms with Crippen LogP contribution < -0.4 is 5.32 Å². The van der Waals surface area contributed by atoms with Crippen molar-refractivity contribution in [3.63, 3.8) is 0 Å². The molecule has 1 aromatic carbocycles. The fraction of sp³-hybridized carbons (Fsp3) is 0.485. The zero-order valence-corrected chi connectivity index (χ0v) is 24.1. The van der Waals surface area contributed by atoms with Crippen LogP contribution in [0.15, 0.2) is 54.9 Å². The maximum absolute atomic E-state index is 14.4. The third-order valence-corrected chi connectivity index (χ3v) is 11.8. The largest absolute Gasteiger partial charge is 0.340 e. The molecular formula is C33H33N5O3S. The molecule has 7 atom stereocenters. The highest BCUT2D eigenvalue weighted by atomic mass is 32.1. The highest BCUT2D eigenvalue weighted by Gasteiger charge is 2.65. The number of pyridine rings is 1. The molecule has 214 valence electrons. The van der Waals surface area contributed by atoms with Crippen LogP contribution >= 0.6 is 11.3 Å². The van der Waals surface area contributed by atoms with Crippen molar-refractivity contribution in [2.75, 3.05) is 6.54 Å². The standard InChI is InChI=1S/C33H33N5O3S/c34-16-25-24(20-5-3-11-35-17-20)18-37(33(25)9-10-33)32(41)27-8-7-23-13-21-12-22(21)14-26(31(40)38(23)27)36-30(39)29-15-19-4-1-2-6-28(19)42-29/h1-6,11,15,17,21-27H,7-10,12-14,18H2,(H,36,39)/t21-,22+,23-,24+,25+,26+,27+/m1/s1. The summed E-state index contributed by atoms with van der Waals surface area (Å²) in [7, 11) is 0. The Hall–Kier alpha value is -3.77. The van der Waals surface area contributed by atoms with Crippen LogP contribution in [0.25, 0.3) is 10.1 Å². The summed E-state index contributed by atoms with van der Waals surface area (Å²) in [6, 6.07) is 15.0. The van der Waals surface area contributed by atoms with Crippen molar-refractivity contribution >= 4 is 39.1 Å². The van der Waals surface area contributed by atoms with Crippen molar-refractivity contribution in [3.05, 3.63) is 65.3 Å². The summed E-state index contributed by atoms with van der Waals surface area (Å²) in [4.78, 5) is 50.8. The molecule has 42 heavy (non-hydrogen) atoms. The highest BCUT2D eigenvalue weighted by molar-refractivity contribution is 7.20. The molecule has 3 aliphatic heterocycles. The number of aromatic nitrogens is 1. The molecule has 2 aromatic heterocycles. The van der Waals surface area contributed by atoms with Crippen LogP contribution in [0.1, 0.15) is 66.1 Å². The van der Waals surface area contributed by atoms with Gasteiger partial charge in [0.15, 0.2) is 0 Å². The van der Waals surface area contributed by atoms with E-state index in [1.165, 1.54) is 11.3 Å². The Balaban J connectivity index is 1.06. The first kappa shape index (κ1) is 25.9. The average Bonchev–Trinajstić information content (AvgIpc) is 3.78. The van der Waals surface area contributed by atoms with Gasteiger partial charge in [0.1, 0.15) is 12.1 Å². The molecule has 3 amide bonds. The highest BCUT2D eigenvalue weighted by Crippen LogP contribution is 2.58. The third-order valence-electron chi connectivity index (χ3n) is 10.7. The number of hydrogen-bond donors (Lipinski definition) is 1. The Labute approximate surface area is 248 Å². The summed E-state index contributed by atoms with van der Waals surface area (Å²) < 4.78 is 1.04. The first-order valence-electron chi connectivity index (χ1n) is 15.2. The molecule has 2 aliphatic carbocycles. The van der Waals surface area contributed by atoms with E-state index in [0.29, 0.717) is 36.1 Å². The summed E-state index contributed by atoms with van der Waals surface area (Å²) >= 11 is 1.44. The van der Waals surface area contributed by atoms with E-state index < -0.39 is 17.6 Å². The molecule has 3 saturated heterocycles. The van der Waals surface area contributed by atoms with Gasteiger partial charge in [-0.2, -0.15) is 5.26 Å². The SMILES string of the molecule is N#C[C@H]1[C@H](c2cccnc2)CN(C(=O)[C@@H]2CC[C@@H]3C[C@H]4C[C@H]4C[C@H](NC(=O)c4cc5ccccc5s4)C(=O)N32)C12CC2. The number of carbonyl (C=O) groups is 3. The summed E-state index contributed by atoms with van der Waals surface area (Å²) in [5.74, 6) is 0.241. The molecule has 9 heteroatoms. The van der Waals surface area contributed by atoms with Crippen LogP contribution in [0.2, 0.25) is 0 Å². The van der Waals surface area contributed by atoms with E-state index in [9.17, 15) is 19.6 Å². The predicted octanol–water partition coefficient (Wildman–Crippen LogP) is 4.48. The third kappa shape index (κ3) is 4.06. The molecule has 1 spiro atoms. The van der Waals surface area contributed by atoms with Crippen molar-refractivity contribution < 1.29 is 14.4 Å². The van der Waals surface area contributed by atoms with Crippen molar-refractivity contribution in [1.29, 1.82) is 5.26 Å². The van der Waals surface area contributed by atoms with Crippen LogP contribution in [0, 0.1) is 29.1 Å². The van der Waals surface area contributed by atoms with Gasteiger partial charge in [-0.15, -0.1) is 11.3 Å². The van der Waals surface area contributed by atoms with Gasteiger partial charge in [-0.3, -0.25) is 19.4 Å². The monoisotopic (exact) mass is 579 g/mol. The van der Waals surface area contributed by atoms with Crippen molar-refractivity contribution in [2.24, 2.45) is 17.8 Å². The number of rotatable bonds is 4. The van der Waals surface area contributed by atoms with Gasteiger partial charge in [-0.1, -0.05) is 24.3 Å². The van der Waals surface area contributed by atoms with Gasteiger partial charge in [0, 0.05) is 35.6 Å². The Morgan fingerprint density at radius 2 is 1.90 bits per heavy atom. The van der Waals surface area contributed by atoms with Crippen molar-refractivity contribution in [3.8, 4) is 6.07 Å². The molecule has 8 rings (SSSR count). The first-order chi connectivity index (χ1) is 20.5. The molecule has 0 unspecified atom stereocenters. The number of nitrogens with one attached hydrogen (secondary N) is 1. The number of nitrogens with zero attached hydrogens (tertiary/aromatic N) is 4. The molecule has 5 heterocycles. The number of amides is 3.